The summed E-state index contributed by atoms with van der Waals surface area (Å²) < 4.78 is 33.0. The summed E-state index contributed by atoms with van der Waals surface area (Å²) >= 11 is 0. The molecule has 0 heterocycles. The molecule has 6 heteroatoms. The van der Waals surface area contributed by atoms with Crippen molar-refractivity contribution in [1.29, 1.82) is 0 Å². The van der Waals surface area contributed by atoms with Gasteiger partial charge >= 0.3 is 0 Å². The standard InChI is InChI=1S/C71H142O6/c1-6-10-14-18-22-26-30-34-38-42-46-50-54-58-62-74-67-69(75-63-59-55-51-47-43-39-35-31-27-23-19-15-11-7-2)71(77-65-61-57-53-49-45-41-37-33-29-25-21-17-13-9-4)70(68(66-72)73-5)76-64-60-56-52-48-44-40-36-32-28-24-20-16-12-8-3/h66,68-71H,6-65,67H2,1-5H3/t68-,69+,70+,71-/m0/s1. The van der Waals surface area contributed by atoms with Crippen LogP contribution in [0.3, 0.4) is 0 Å². The molecule has 0 aromatic carbocycles. The molecule has 0 saturated heterocycles. The molecule has 0 N–H and O–H groups in total. The van der Waals surface area contributed by atoms with E-state index in [0.717, 1.165) is 51.4 Å². The fourth-order valence-electron chi connectivity index (χ4n) is 11.5. The number of hydrogen-bond acceptors (Lipinski definition) is 6. The average molecular weight is 1090 g/mol. The van der Waals surface area contributed by atoms with E-state index in [0.29, 0.717) is 26.4 Å². The zero-order valence-electron chi connectivity index (χ0n) is 53.5. The quantitative estimate of drug-likeness (QED) is 0.0447. The molecule has 0 rings (SSSR count). The lowest BCUT2D eigenvalue weighted by Gasteiger charge is -2.35. The van der Waals surface area contributed by atoms with Crippen LogP contribution in [0.1, 0.15) is 387 Å². The molecule has 0 aromatic heterocycles. The number of carbonyl (C=O) groups excluding carboxylic acids is 1. The summed E-state index contributed by atoms with van der Waals surface area (Å²) in [6.07, 6.45) is 73.7. The van der Waals surface area contributed by atoms with Gasteiger partial charge in [-0.1, -0.05) is 362 Å². The fraction of sp³-hybridized carbons (Fsp3) is 0.986. The summed E-state index contributed by atoms with van der Waals surface area (Å²) in [6, 6.07) is 0. The zero-order valence-corrected chi connectivity index (χ0v) is 53.5. The van der Waals surface area contributed by atoms with Gasteiger partial charge in [0.15, 0.2) is 6.29 Å². The Morgan fingerprint density at radius 1 is 0.260 bits per heavy atom. The molecule has 462 valence electrons. The molecule has 0 spiro atoms. The minimum absolute atomic E-state index is 0.325. The Kier molecular flexibility index (Phi) is 67.5. The van der Waals surface area contributed by atoms with Crippen LogP contribution in [0.5, 0.6) is 0 Å². The van der Waals surface area contributed by atoms with Crippen molar-refractivity contribution in [3.63, 3.8) is 0 Å². The number of rotatable bonds is 70. The first-order chi connectivity index (χ1) is 38.2. The van der Waals surface area contributed by atoms with E-state index in [1.54, 1.807) is 7.11 Å². The van der Waals surface area contributed by atoms with Crippen LogP contribution in [0.4, 0.5) is 0 Å². The molecule has 4 atom stereocenters. The number of unbranched alkanes of at least 4 members (excludes halogenated alkanes) is 52. The van der Waals surface area contributed by atoms with Gasteiger partial charge in [0.05, 0.1) is 6.61 Å². The van der Waals surface area contributed by atoms with Gasteiger partial charge in [-0.05, 0) is 25.7 Å². The molecule has 0 aliphatic rings. The molecule has 0 bridgehead atoms. The van der Waals surface area contributed by atoms with Crippen molar-refractivity contribution in [3.8, 4) is 0 Å². The van der Waals surface area contributed by atoms with E-state index >= 15 is 0 Å². The second kappa shape index (κ2) is 68.0. The normalized spacial score (nSPS) is 13.4. The van der Waals surface area contributed by atoms with Crippen molar-refractivity contribution >= 4 is 6.29 Å². The van der Waals surface area contributed by atoms with Gasteiger partial charge in [0, 0.05) is 33.5 Å². The van der Waals surface area contributed by atoms with Crippen molar-refractivity contribution in [1.82, 2.24) is 0 Å². The fourth-order valence-corrected chi connectivity index (χ4v) is 11.5. The predicted octanol–water partition coefficient (Wildman–Crippen LogP) is 23.3. The van der Waals surface area contributed by atoms with Gasteiger partial charge in [-0.3, -0.25) is 0 Å². The third-order valence-corrected chi connectivity index (χ3v) is 16.8. The summed E-state index contributed by atoms with van der Waals surface area (Å²) in [5, 5.41) is 0. The van der Waals surface area contributed by atoms with E-state index in [1.807, 2.05) is 0 Å². The molecule has 6 nitrogen and oxygen atoms in total. The minimum Gasteiger partial charge on any atom is -0.379 e. The van der Waals surface area contributed by atoms with Crippen molar-refractivity contribution < 1.29 is 28.5 Å². The molecule has 0 aromatic rings. The maximum Gasteiger partial charge on any atom is 0.151 e. The summed E-state index contributed by atoms with van der Waals surface area (Å²) in [7, 11) is 1.64. The Bertz CT molecular complexity index is 1060. The summed E-state index contributed by atoms with van der Waals surface area (Å²) in [5.41, 5.74) is 0. The highest BCUT2D eigenvalue weighted by atomic mass is 16.6. The van der Waals surface area contributed by atoms with Gasteiger partial charge in [0.2, 0.25) is 0 Å². The van der Waals surface area contributed by atoms with Gasteiger partial charge in [0.25, 0.3) is 0 Å². The lowest BCUT2D eigenvalue weighted by atomic mass is 10.0. The Morgan fingerprint density at radius 3 is 0.701 bits per heavy atom. The van der Waals surface area contributed by atoms with Gasteiger partial charge in [0.1, 0.15) is 24.4 Å². The molecule has 0 unspecified atom stereocenters. The largest absolute Gasteiger partial charge is 0.379 e. The maximum atomic E-state index is 12.8. The van der Waals surface area contributed by atoms with E-state index < -0.39 is 18.3 Å². The van der Waals surface area contributed by atoms with E-state index in [-0.39, 0.29) is 6.10 Å². The highest BCUT2D eigenvalue weighted by molar-refractivity contribution is 5.57. The van der Waals surface area contributed by atoms with E-state index in [4.69, 9.17) is 23.7 Å². The summed E-state index contributed by atoms with van der Waals surface area (Å²) in [5.74, 6) is 0. The highest BCUT2D eigenvalue weighted by Crippen LogP contribution is 2.23. The van der Waals surface area contributed by atoms with Crippen LogP contribution in [0.25, 0.3) is 0 Å². The Morgan fingerprint density at radius 2 is 0.468 bits per heavy atom. The molecule has 77 heavy (non-hydrogen) atoms. The zero-order chi connectivity index (χ0) is 55.7. The first-order valence-electron chi connectivity index (χ1n) is 35.6. The first-order valence-corrected chi connectivity index (χ1v) is 35.6. The smallest absolute Gasteiger partial charge is 0.151 e. The summed E-state index contributed by atoms with van der Waals surface area (Å²) in [4.78, 5) is 12.8. The van der Waals surface area contributed by atoms with Crippen LogP contribution in [-0.4, -0.2) is 70.8 Å². The van der Waals surface area contributed by atoms with Crippen LogP contribution >= 0.6 is 0 Å². The van der Waals surface area contributed by atoms with Crippen molar-refractivity contribution in [2.45, 2.75) is 412 Å². The third kappa shape index (κ3) is 57.1. The topological polar surface area (TPSA) is 63.2 Å². The second-order valence-corrected chi connectivity index (χ2v) is 24.4. The lowest BCUT2D eigenvalue weighted by Crippen LogP contribution is -2.51. The number of ether oxygens (including phenoxy) is 5. The van der Waals surface area contributed by atoms with Crippen LogP contribution < -0.4 is 0 Å². The number of methoxy groups -OCH3 is 1. The molecule has 0 fully saturated rings. The van der Waals surface area contributed by atoms with Crippen molar-refractivity contribution in [3.05, 3.63) is 0 Å². The second-order valence-electron chi connectivity index (χ2n) is 24.4. The molecule has 0 aliphatic carbocycles. The number of hydrogen-bond donors (Lipinski definition) is 0. The molecule has 0 saturated carbocycles. The first kappa shape index (κ1) is 76.5. The van der Waals surface area contributed by atoms with Crippen molar-refractivity contribution in [2.75, 3.05) is 40.1 Å². The maximum absolute atomic E-state index is 12.8. The van der Waals surface area contributed by atoms with E-state index in [9.17, 15) is 4.79 Å². The molecular weight excluding hydrogens is 949 g/mol. The average Bonchev–Trinajstić information content (AvgIpc) is 3.44. The molecular formula is C71H142O6. The third-order valence-electron chi connectivity index (χ3n) is 16.8. The Hall–Kier alpha value is -0.530. The molecule has 0 amide bonds. The van der Waals surface area contributed by atoms with Crippen LogP contribution in [-0.2, 0) is 28.5 Å². The van der Waals surface area contributed by atoms with Gasteiger partial charge in [-0.25, -0.2) is 0 Å². The van der Waals surface area contributed by atoms with Crippen LogP contribution in [0.2, 0.25) is 0 Å². The van der Waals surface area contributed by atoms with Crippen LogP contribution in [0.15, 0.2) is 0 Å². The Balaban J connectivity index is 5.46. The van der Waals surface area contributed by atoms with Crippen molar-refractivity contribution in [2.24, 2.45) is 0 Å². The van der Waals surface area contributed by atoms with E-state index in [2.05, 4.69) is 27.7 Å². The van der Waals surface area contributed by atoms with Gasteiger partial charge < -0.3 is 28.5 Å². The Labute approximate surface area is 484 Å². The van der Waals surface area contributed by atoms with Gasteiger partial charge in [-0.2, -0.15) is 0 Å². The lowest BCUT2D eigenvalue weighted by molar-refractivity contribution is -0.184. The molecule has 0 radical (unpaired) electrons. The summed E-state index contributed by atoms with van der Waals surface area (Å²) in [6.45, 7) is 12.3. The predicted molar refractivity (Wildman–Crippen MR) is 338 cm³/mol. The highest BCUT2D eigenvalue weighted by Gasteiger charge is 2.38. The van der Waals surface area contributed by atoms with Gasteiger partial charge in [-0.15, -0.1) is 0 Å². The SMILES string of the molecule is CCCCCCCCCCCCCCCCOC[C@@H](OCCCCCCCCCCCCCCCC)[C@H](OCCCCCCCCCCCCCCCC)[C@H](OCCCCCCCCCCCCCCCC)[C@H](C=O)OC. The minimum atomic E-state index is -0.721. The monoisotopic (exact) mass is 1090 g/mol. The van der Waals surface area contributed by atoms with Crippen LogP contribution in [0, 0.1) is 0 Å². The number of aldehydes is 1. The number of carbonyl (C=O) groups is 1. The molecule has 0 aliphatic heterocycles. The van der Waals surface area contributed by atoms with E-state index in [1.165, 1.54) is 321 Å².